The van der Waals surface area contributed by atoms with Crippen LogP contribution in [-0.2, 0) is 17.6 Å². The van der Waals surface area contributed by atoms with Gasteiger partial charge in [-0.25, -0.2) is 4.79 Å². The van der Waals surface area contributed by atoms with E-state index >= 15 is 0 Å². The minimum Gasteiger partial charge on any atom is -0.434 e. The van der Waals surface area contributed by atoms with Gasteiger partial charge < -0.3 is 9.47 Å². The lowest BCUT2D eigenvalue weighted by Crippen LogP contribution is -2.12. The topological polar surface area (TPSA) is 35.5 Å². The maximum Gasteiger partial charge on any atom is 0.513 e. The maximum absolute atomic E-state index is 11.7. The van der Waals surface area contributed by atoms with Gasteiger partial charge >= 0.3 is 6.16 Å². The molecule has 3 heteroatoms. The molecule has 3 nitrogen and oxygen atoms in total. The van der Waals surface area contributed by atoms with Crippen molar-refractivity contribution in [3.05, 3.63) is 65.7 Å². The van der Waals surface area contributed by atoms with Crippen LogP contribution in [0.1, 0.15) is 50.2 Å². The third kappa shape index (κ3) is 7.42. The summed E-state index contributed by atoms with van der Waals surface area (Å²) in [6.07, 6.45) is 6.91. The van der Waals surface area contributed by atoms with Crippen LogP contribution in [0.4, 0.5) is 4.79 Å². The summed E-state index contributed by atoms with van der Waals surface area (Å²) in [7, 11) is 0. The van der Waals surface area contributed by atoms with E-state index in [2.05, 4.69) is 30.3 Å². The molecule has 2 rings (SSSR count). The largest absolute Gasteiger partial charge is 0.513 e. The number of carbonyl (C=O) groups excluding carboxylic acids is 1. The van der Waals surface area contributed by atoms with Crippen LogP contribution in [0.3, 0.4) is 0 Å². The van der Waals surface area contributed by atoms with E-state index in [9.17, 15) is 4.79 Å². The minimum atomic E-state index is -0.607. The van der Waals surface area contributed by atoms with Crippen molar-refractivity contribution in [2.45, 2.75) is 51.9 Å². The molecule has 2 aromatic rings. The fraction of sp³-hybridized carbons (Fsp3) is 0.409. The molecule has 0 saturated heterocycles. The number of hydrogen-bond donors (Lipinski definition) is 0. The van der Waals surface area contributed by atoms with Crippen molar-refractivity contribution in [2.75, 3.05) is 6.61 Å². The first-order valence-corrected chi connectivity index (χ1v) is 9.26. The first-order chi connectivity index (χ1) is 12.3. The SMILES string of the molecule is CCc1ccccc1OC(=O)OCCCCCCCc1ccccc1. The number of benzene rings is 2. The summed E-state index contributed by atoms with van der Waals surface area (Å²) in [5, 5.41) is 0. The number of hydrogen-bond acceptors (Lipinski definition) is 3. The molecule has 0 amide bonds. The molecule has 0 aliphatic carbocycles. The van der Waals surface area contributed by atoms with Gasteiger partial charge in [0.1, 0.15) is 5.75 Å². The zero-order chi connectivity index (χ0) is 17.7. The fourth-order valence-electron chi connectivity index (χ4n) is 2.78. The van der Waals surface area contributed by atoms with Gasteiger partial charge in [0.25, 0.3) is 0 Å². The summed E-state index contributed by atoms with van der Waals surface area (Å²) in [5.41, 5.74) is 2.42. The van der Waals surface area contributed by atoms with E-state index < -0.39 is 6.16 Å². The van der Waals surface area contributed by atoms with Crippen LogP contribution >= 0.6 is 0 Å². The zero-order valence-electron chi connectivity index (χ0n) is 15.1. The highest BCUT2D eigenvalue weighted by Crippen LogP contribution is 2.18. The van der Waals surface area contributed by atoms with E-state index in [1.165, 1.54) is 24.8 Å². The van der Waals surface area contributed by atoms with Crippen LogP contribution < -0.4 is 4.74 Å². The van der Waals surface area contributed by atoms with Gasteiger partial charge in [0, 0.05) is 0 Å². The van der Waals surface area contributed by atoms with Gasteiger partial charge in [0.05, 0.1) is 6.61 Å². The molecule has 0 N–H and O–H groups in total. The average Bonchev–Trinajstić information content (AvgIpc) is 2.65. The maximum atomic E-state index is 11.7. The highest BCUT2D eigenvalue weighted by molar-refractivity contribution is 5.64. The smallest absolute Gasteiger partial charge is 0.434 e. The third-order valence-corrected chi connectivity index (χ3v) is 4.22. The number of para-hydroxylation sites is 1. The second-order valence-electron chi connectivity index (χ2n) is 6.17. The Labute approximate surface area is 151 Å². The first-order valence-electron chi connectivity index (χ1n) is 9.26. The predicted octanol–water partition coefficient (Wildman–Crippen LogP) is 5.96. The van der Waals surface area contributed by atoms with Crippen LogP contribution in [-0.4, -0.2) is 12.8 Å². The zero-order valence-corrected chi connectivity index (χ0v) is 15.1. The molecular weight excluding hydrogens is 312 g/mol. The lowest BCUT2D eigenvalue weighted by Gasteiger charge is -2.09. The van der Waals surface area contributed by atoms with E-state index in [-0.39, 0.29) is 0 Å². The summed E-state index contributed by atoms with van der Waals surface area (Å²) in [6, 6.07) is 18.1. The van der Waals surface area contributed by atoms with Crippen LogP contribution in [0.5, 0.6) is 5.75 Å². The Morgan fingerprint density at radius 1 is 0.840 bits per heavy atom. The van der Waals surface area contributed by atoms with E-state index in [1.807, 2.05) is 25.1 Å². The molecular formula is C22H28O3. The fourth-order valence-corrected chi connectivity index (χ4v) is 2.78. The van der Waals surface area contributed by atoms with E-state index in [0.717, 1.165) is 31.2 Å². The lowest BCUT2D eigenvalue weighted by atomic mass is 10.1. The molecule has 134 valence electrons. The molecule has 0 radical (unpaired) electrons. The van der Waals surface area contributed by atoms with Gasteiger partial charge in [-0.15, -0.1) is 0 Å². The molecule has 0 fully saturated rings. The van der Waals surface area contributed by atoms with Gasteiger partial charge in [-0.1, -0.05) is 74.7 Å². The van der Waals surface area contributed by atoms with Crippen LogP contribution in [0.2, 0.25) is 0 Å². The lowest BCUT2D eigenvalue weighted by molar-refractivity contribution is 0.0969. The van der Waals surface area contributed by atoms with Gasteiger partial charge in [-0.05, 0) is 42.9 Å². The molecule has 2 aromatic carbocycles. The average molecular weight is 340 g/mol. The van der Waals surface area contributed by atoms with Crippen molar-refractivity contribution in [3.63, 3.8) is 0 Å². The van der Waals surface area contributed by atoms with E-state index in [0.29, 0.717) is 12.4 Å². The van der Waals surface area contributed by atoms with Crippen molar-refractivity contribution in [1.82, 2.24) is 0 Å². The highest BCUT2D eigenvalue weighted by Gasteiger charge is 2.08. The van der Waals surface area contributed by atoms with Crippen molar-refractivity contribution in [1.29, 1.82) is 0 Å². The molecule has 25 heavy (non-hydrogen) atoms. The second kappa shape index (κ2) is 11.3. The molecule has 0 spiro atoms. The van der Waals surface area contributed by atoms with Crippen molar-refractivity contribution in [3.8, 4) is 5.75 Å². The van der Waals surface area contributed by atoms with Gasteiger partial charge in [0.2, 0.25) is 0 Å². The standard InChI is InChI=1S/C22H28O3/c1-2-20-16-10-11-17-21(20)25-22(23)24-18-12-5-3-4-7-13-19-14-8-6-9-15-19/h6,8-11,14-17H,2-5,7,12-13,18H2,1H3. The van der Waals surface area contributed by atoms with Crippen molar-refractivity contribution < 1.29 is 14.3 Å². The summed E-state index contributed by atoms with van der Waals surface area (Å²) in [6.45, 7) is 2.46. The third-order valence-electron chi connectivity index (χ3n) is 4.22. The summed E-state index contributed by atoms with van der Waals surface area (Å²) >= 11 is 0. The molecule has 0 saturated carbocycles. The number of ether oxygens (including phenoxy) is 2. The highest BCUT2D eigenvalue weighted by atomic mass is 16.7. The van der Waals surface area contributed by atoms with E-state index in [4.69, 9.17) is 9.47 Å². The Morgan fingerprint density at radius 2 is 1.52 bits per heavy atom. The number of rotatable bonds is 10. The van der Waals surface area contributed by atoms with Crippen molar-refractivity contribution in [2.24, 2.45) is 0 Å². The summed E-state index contributed by atoms with van der Waals surface area (Å²) < 4.78 is 10.4. The van der Waals surface area contributed by atoms with Crippen molar-refractivity contribution >= 4 is 6.16 Å². The van der Waals surface area contributed by atoms with Crippen LogP contribution in [0.25, 0.3) is 0 Å². The Kier molecular flexibility index (Phi) is 8.60. The summed E-state index contributed by atoms with van der Waals surface area (Å²) in [4.78, 5) is 11.7. The minimum absolute atomic E-state index is 0.422. The molecule has 0 aromatic heterocycles. The molecule has 0 atom stereocenters. The Bertz CT molecular complexity index is 622. The first kappa shape index (κ1) is 19.0. The molecule has 0 bridgehead atoms. The monoisotopic (exact) mass is 340 g/mol. The second-order valence-corrected chi connectivity index (χ2v) is 6.17. The Morgan fingerprint density at radius 3 is 2.32 bits per heavy atom. The predicted molar refractivity (Wildman–Crippen MR) is 101 cm³/mol. The number of aryl methyl sites for hydroxylation is 2. The molecule has 0 unspecified atom stereocenters. The normalized spacial score (nSPS) is 10.4. The van der Waals surface area contributed by atoms with E-state index in [1.54, 1.807) is 6.07 Å². The molecule has 0 aliphatic rings. The van der Waals surface area contributed by atoms with Gasteiger partial charge in [-0.3, -0.25) is 0 Å². The number of carbonyl (C=O) groups is 1. The number of unbranched alkanes of at least 4 members (excludes halogenated alkanes) is 4. The van der Waals surface area contributed by atoms with Gasteiger partial charge in [0.15, 0.2) is 0 Å². The molecule has 0 aliphatic heterocycles. The summed E-state index contributed by atoms with van der Waals surface area (Å²) in [5.74, 6) is 0.593. The Balaban J connectivity index is 1.50. The Hall–Kier alpha value is -2.29. The molecule has 0 heterocycles. The quantitative estimate of drug-likeness (QED) is 0.304. The van der Waals surface area contributed by atoms with Crippen LogP contribution in [0, 0.1) is 0 Å². The van der Waals surface area contributed by atoms with Gasteiger partial charge in [-0.2, -0.15) is 0 Å². The van der Waals surface area contributed by atoms with Crippen LogP contribution in [0.15, 0.2) is 54.6 Å².